The highest BCUT2D eigenvalue weighted by molar-refractivity contribution is 5.52. The van der Waals surface area contributed by atoms with E-state index in [1.807, 2.05) is 11.6 Å². The second-order valence-electron chi connectivity index (χ2n) is 5.13. The van der Waals surface area contributed by atoms with Crippen LogP contribution in [0.1, 0.15) is 45.2 Å². The SMILES string of the molecule is CCn1nc(C)c(N)c1OC1CCCC(C)C1. The van der Waals surface area contributed by atoms with Gasteiger partial charge in [0.25, 0.3) is 0 Å². The van der Waals surface area contributed by atoms with Gasteiger partial charge in [0.05, 0.1) is 5.69 Å². The number of anilines is 1. The lowest BCUT2D eigenvalue weighted by Crippen LogP contribution is -2.25. The van der Waals surface area contributed by atoms with Crippen LogP contribution >= 0.6 is 0 Å². The molecule has 0 aliphatic heterocycles. The van der Waals surface area contributed by atoms with Crippen molar-refractivity contribution < 1.29 is 4.74 Å². The highest BCUT2D eigenvalue weighted by Crippen LogP contribution is 2.31. The van der Waals surface area contributed by atoms with Gasteiger partial charge in [-0.2, -0.15) is 5.10 Å². The van der Waals surface area contributed by atoms with Gasteiger partial charge in [-0.25, -0.2) is 4.68 Å². The van der Waals surface area contributed by atoms with Gasteiger partial charge in [-0.15, -0.1) is 0 Å². The van der Waals surface area contributed by atoms with Gasteiger partial charge in [-0.1, -0.05) is 13.3 Å². The molecule has 1 aromatic heterocycles. The second kappa shape index (κ2) is 4.98. The van der Waals surface area contributed by atoms with Crippen LogP contribution in [0.5, 0.6) is 5.88 Å². The molecule has 1 aliphatic carbocycles. The summed E-state index contributed by atoms with van der Waals surface area (Å²) in [5.41, 5.74) is 7.59. The Morgan fingerprint density at radius 3 is 2.88 bits per heavy atom. The summed E-state index contributed by atoms with van der Waals surface area (Å²) in [7, 11) is 0. The van der Waals surface area contributed by atoms with E-state index < -0.39 is 0 Å². The lowest BCUT2D eigenvalue weighted by molar-refractivity contribution is 0.118. The van der Waals surface area contributed by atoms with Crippen molar-refractivity contribution in [2.45, 2.75) is 59.1 Å². The fourth-order valence-corrected chi connectivity index (χ4v) is 2.56. The predicted molar refractivity (Wildman–Crippen MR) is 69.1 cm³/mol. The van der Waals surface area contributed by atoms with Gasteiger partial charge in [0.15, 0.2) is 0 Å². The van der Waals surface area contributed by atoms with Gasteiger partial charge >= 0.3 is 0 Å². The number of nitrogen functional groups attached to an aromatic ring is 1. The van der Waals surface area contributed by atoms with Crippen LogP contribution in [0.4, 0.5) is 5.69 Å². The van der Waals surface area contributed by atoms with E-state index in [0.717, 1.165) is 36.9 Å². The molecule has 17 heavy (non-hydrogen) atoms. The van der Waals surface area contributed by atoms with E-state index in [0.29, 0.717) is 11.8 Å². The monoisotopic (exact) mass is 237 g/mol. The number of ether oxygens (including phenoxy) is 1. The highest BCUT2D eigenvalue weighted by atomic mass is 16.5. The molecule has 2 N–H and O–H groups in total. The smallest absolute Gasteiger partial charge is 0.236 e. The number of nitrogens with zero attached hydrogens (tertiary/aromatic N) is 2. The summed E-state index contributed by atoms with van der Waals surface area (Å²) in [6, 6.07) is 0. The lowest BCUT2D eigenvalue weighted by atomic mass is 9.89. The molecule has 1 fully saturated rings. The maximum Gasteiger partial charge on any atom is 0.236 e. The summed E-state index contributed by atoms with van der Waals surface area (Å²) in [5.74, 6) is 1.53. The molecule has 4 nitrogen and oxygen atoms in total. The first-order valence-electron chi connectivity index (χ1n) is 6.61. The van der Waals surface area contributed by atoms with Gasteiger partial charge in [0.2, 0.25) is 5.88 Å². The first-order chi connectivity index (χ1) is 8.11. The summed E-state index contributed by atoms with van der Waals surface area (Å²) in [5, 5.41) is 4.38. The Morgan fingerprint density at radius 1 is 1.47 bits per heavy atom. The van der Waals surface area contributed by atoms with Crippen LogP contribution in [-0.2, 0) is 6.54 Å². The van der Waals surface area contributed by atoms with E-state index in [2.05, 4.69) is 18.9 Å². The molecule has 96 valence electrons. The third-order valence-electron chi connectivity index (χ3n) is 3.59. The molecule has 2 atom stereocenters. The van der Waals surface area contributed by atoms with Crippen molar-refractivity contribution >= 4 is 5.69 Å². The standard InChI is InChI=1S/C13H23N3O/c1-4-16-13(12(14)10(3)15-16)17-11-7-5-6-9(2)8-11/h9,11H,4-8,14H2,1-3H3. The zero-order chi connectivity index (χ0) is 12.4. The minimum Gasteiger partial charge on any atom is -0.473 e. The Kier molecular flexibility index (Phi) is 3.60. The van der Waals surface area contributed by atoms with Crippen LogP contribution in [0.3, 0.4) is 0 Å². The van der Waals surface area contributed by atoms with Gasteiger partial charge in [-0.3, -0.25) is 0 Å². The molecule has 0 amide bonds. The molecule has 0 spiro atoms. The molecule has 0 aromatic carbocycles. The average Bonchev–Trinajstić information content (AvgIpc) is 2.57. The van der Waals surface area contributed by atoms with E-state index >= 15 is 0 Å². The van der Waals surface area contributed by atoms with Crippen molar-refractivity contribution in [2.24, 2.45) is 5.92 Å². The van der Waals surface area contributed by atoms with E-state index in [1.54, 1.807) is 0 Å². The average molecular weight is 237 g/mol. The number of hydrogen-bond acceptors (Lipinski definition) is 3. The zero-order valence-electron chi connectivity index (χ0n) is 11.1. The lowest BCUT2D eigenvalue weighted by Gasteiger charge is -2.27. The van der Waals surface area contributed by atoms with Crippen LogP contribution in [-0.4, -0.2) is 15.9 Å². The second-order valence-corrected chi connectivity index (χ2v) is 5.13. The molecule has 1 saturated carbocycles. The molecule has 0 saturated heterocycles. The third-order valence-corrected chi connectivity index (χ3v) is 3.59. The Labute approximate surface area is 103 Å². The van der Waals surface area contributed by atoms with Crippen molar-refractivity contribution in [3.8, 4) is 5.88 Å². The first-order valence-corrected chi connectivity index (χ1v) is 6.61. The molecular weight excluding hydrogens is 214 g/mol. The van der Waals surface area contributed by atoms with Crippen LogP contribution in [0.2, 0.25) is 0 Å². The van der Waals surface area contributed by atoms with Gasteiger partial charge < -0.3 is 10.5 Å². The fraction of sp³-hybridized carbons (Fsp3) is 0.769. The van der Waals surface area contributed by atoms with Crippen molar-refractivity contribution in [3.63, 3.8) is 0 Å². The Balaban J connectivity index is 2.12. The minimum absolute atomic E-state index is 0.308. The highest BCUT2D eigenvalue weighted by Gasteiger charge is 2.23. The fourth-order valence-electron chi connectivity index (χ4n) is 2.56. The van der Waals surface area contributed by atoms with Crippen LogP contribution < -0.4 is 10.5 Å². The van der Waals surface area contributed by atoms with Gasteiger partial charge in [0, 0.05) is 6.54 Å². The molecule has 1 heterocycles. The maximum atomic E-state index is 6.07. The molecule has 0 bridgehead atoms. The Bertz CT molecular complexity index is 386. The van der Waals surface area contributed by atoms with Crippen LogP contribution in [0.15, 0.2) is 0 Å². The van der Waals surface area contributed by atoms with E-state index in [9.17, 15) is 0 Å². The normalized spacial score (nSPS) is 24.9. The molecule has 1 aliphatic rings. The number of hydrogen-bond donors (Lipinski definition) is 1. The number of nitrogens with two attached hydrogens (primary N) is 1. The van der Waals surface area contributed by atoms with Gasteiger partial charge in [-0.05, 0) is 39.0 Å². The zero-order valence-corrected chi connectivity index (χ0v) is 11.1. The summed E-state index contributed by atoms with van der Waals surface area (Å²) in [4.78, 5) is 0. The number of aryl methyl sites for hydroxylation is 2. The molecule has 1 aromatic rings. The minimum atomic E-state index is 0.308. The van der Waals surface area contributed by atoms with E-state index in [4.69, 9.17) is 10.5 Å². The van der Waals surface area contributed by atoms with Crippen molar-refractivity contribution in [2.75, 3.05) is 5.73 Å². The Morgan fingerprint density at radius 2 is 2.24 bits per heavy atom. The quantitative estimate of drug-likeness (QED) is 0.879. The molecule has 4 heteroatoms. The van der Waals surface area contributed by atoms with E-state index in [1.165, 1.54) is 12.8 Å². The largest absolute Gasteiger partial charge is 0.473 e. The first kappa shape index (κ1) is 12.3. The van der Waals surface area contributed by atoms with Crippen molar-refractivity contribution in [3.05, 3.63) is 5.69 Å². The molecule has 2 rings (SSSR count). The van der Waals surface area contributed by atoms with Crippen LogP contribution in [0.25, 0.3) is 0 Å². The van der Waals surface area contributed by atoms with Crippen molar-refractivity contribution in [1.29, 1.82) is 0 Å². The summed E-state index contributed by atoms with van der Waals surface area (Å²) in [6.07, 6.45) is 5.15. The molecular formula is C13H23N3O. The molecule has 0 radical (unpaired) electrons. The summed E-state index contributed by atoms with van der Waals surface area (Å²) < 4.78 is 7.94. The van der Waals surface area contributed by atoms with Gasteiger partial charge in [0.1, 0.15) is 11.8 Å². The molecule has 2 unspecified atom stereocenters. The summed E-state index contributed by atoms with van der Waals surface area (Å²) in [6.45, 7) is 7.08. The predicted octanol–water partition coefficient (Wildman–Crippen LogP) is 2.75. The Hall–Kier alpha value is -1.19. The number of rotatable bonds is 3. The number of aromatic nitrogens is 2. The van der Waals surface area contributed by atoms with Crippen LogP contribution in [0, 0.1) is 12.8 Å². The van der Waals surface area contributed by atoms with Crippen molar-refractivity contribution in [1.82, 2.24) is 9.78 Å². The third kappa shape index (κ3) is 2.56. The summed E-state index contributed by atoms with van der Waals surface area (Å²) >= 11 is 0. The maximum absolute atomic E-state index is 6.07. The van der Waals surface area contributed by atoms with E-state index in [-0.39, 0.29) is 0 Å². The topological polar surface area (TPSA) is 53.1 Å².